The molecule has 0 fully saturated rings. The lowest BCUT2D eigenvalue weighted by Crippen LogP contribution is -2.33. The van der Waals surface area contributed by atoms with E-state index in [4.69, 9.17) is 0 Å². The lowest BCUT2D eigenvalue weighted by Gasteiger charge is -2.12. The third-order valence-electron chi connectivity index (χ3n) is 2.96. The van der Waals surface area contributed by atoms with Crippen molar-refractivity contribution in [1.29, 1.82) is 0 Å². The van der Waals surface area contributed by atoms with Gasteiger partial charge in [0.05, 0.1) is 10.9 Å². The van der Waals surface area contributed by atoms with Crippen molar-refractivity contribution in [1.82, 2.24) is 4.98 Å². The third-order valence-corrected chi connectivity index (χ3v) is 3.74. The van der Waals surface area contributed by atoms with Crippen LogP contribution in [0.4, 0.5) is 0 Å². The van der Waals surface area contributed by atoms with E-state index in [0.29, 0.717) is 10.9 Å². The summed E-state index contributed by atoms with van der Waals surface area (Å²) in [7, 11) is 0. The highest BCUT2D eigenvalue weighted by molar-refractivity contribution is 7.98. The van der Waals surface area contributed by atoms with Crippen LogP contribution >= 0.6 is 11.8 Å². The van der Waals surface area contributed by atoms with E-state index >= 15 is 0 Å². The van der Waals surface area contributed by atoms with Gasteiger partial charge in [-0.05, 0) is 35.5 Å². The molecule has 0 radical (unpaired) electrons. The van der Waals surface area contributed by atoms with Crippen LogP contribution in [0.2, 0.25) is 0 Å². The molecule has 0 unspecified atom stereocenters. The van der Waals surface area contributed by atoms with Gasteiger partial charge in [0.2, 0.25) is 0 Å². The van der Waals surface area contributed by atoms with E-state index in [9.17, 15) is 5.21 Å². The molecule has 1 aromatic heterocycles. The average Bonchev–Trinajstić information content (AvgIpc) is 2.47. The molecule has 0 atom stereocenters. The van der Waals surface area contributed by atoms with Crippen LogP contribution in [0, 0.1) is 5.21 Å². The first kappa shape index (κ1) is 12.0. The Labute approximate surface area is 115 Å². The first-order valence-corrected chi connectivity index (χ1v) is 7.15. The lowest BCUT2D eigenvalue weighted by molar-refractivity contribution is -0.634. The molecule has 1 heterocycles. The largest absolute Gasteiger partial charge is 0.710 e. The molecule has 3 aromatic rings. The summed E-state index contributed by atoms with van der Waals surface area (Å²) in [4.78, 5) is 4.49. The Bertz CT molecular complexity index is 729. The summed E-state index contributed by atoms with van der Waals surface area (Å²) >= 11 is 1.44. The Hall–Kier alpha value is -2.07. The SMILES string of the molecule is CSc1c2ccccc2nc(-c2ccccc2)[n+]1[O-]. The highest BCUT2D eigenvalue weighted by Crippen LogP contribution is 2.24. The molecular formula is C15H12N2OS. The van der Waals surface area contributed by atoms with Crippen molar-refractivity contribution < 1.29 is 4.73 Å². The smallest absolute Gasteiger partial charge is 0.334 e. The second-order valence-corrected chi connectivity index (χ2v) is 4.92. The highest BCUT2D eigenvalue weighted by atomic mass is 32.2. The maximum absolute atomic E-state index is 12.4. The summed E-state index contributed by atoms with van der Waals surface area (Å²) in [6.07, 6.45) is 1.91. The van der Waals surface area contributed by atoms with E-state index in [1.807, 2.05) is 60.9 Å². The summed E-state index contributed by atoms with van der Waals surface area (Å²) in [5.41, 5.74) is 1.68. The van der Waals surface area contributed by atoms with E-state index in [1.54, 1.807) is 0 Å². The number of fused-ring (bicyclic) bond motifs is 1. The fourth-order valence-corrected chi connectivity index (χ4v) is 2.72. The molecule has 2 aromatic carbocycles. The van der Waals surface area contributed by atoms with Crippen LogP contribution < -0.4 is 4.73 Å². The van der Waals surface area contributed by atoms with E-state index in [0.717, 1.165) is 21.2 Å². The van der Waals surface area contributed by atoms with Crippen LogP contribution in [0.5, 0.6) is 0 Å². The second-order valence-electron chi connectivity index (χ2n) is 4.12. The van der Waals surface area contributed by atoms with Crippen molar-refractivity contribution in [2.75, 3.05) is 6.26 Å². The Morgan fingerprint density at radius 2 is 1.68 bits per heavy atom. The number of thioether (sulfide) groups is 1. The Kier molecular flexibility index (Phi) is 3.09. The van der Waals surface area contributed by atoms with E-state index in [2.05, 4.69) is 4.98 Å². The van der Waals surface area contributed by atoms with Crippen LogP contribution in [0.3, 0.4) is 0 Å². The van der Waals surface area contributed by atoms with Crippen LogP contribution in [-0.2, 0) is 0 Å². The molecule has 0 saturated heterocycles. The quantitative estimate of drug-likeness (QED) is 0.310. The Morgan fingerprint density at radius 1 is 1.00 bits per heavy atom. The van der Waals surface area contributed by atoms with Crippen molar-refractivity contribution >= 4 is 22.7 Å². The zero-order valence-corrected chi connectivity index (χ0v) is 11.2. The summed E-state index contributed by atoms with van der Waals surface area (Å²) in [5, 5.41) is 14.0. The number of aromatic nitrogens is 2. The van der Waals surface area contributed by atoms with Gasteiger partial charge in [0.15, 0.2) is 10.5 Å². The minimum atomic E-state index is 0.448. The minimum absolute atomic E-state index is 0.448. The first-order valence-electron chi connectivity index (χ1n) is 5.93. The predicted molar refractivity (Wildman–Crippen MR) is 77.9 cm³/mol. The first-order chi connectivity index (χ1) is 9.31. The number of benzene rings is 2. The molecule has 0 amide bonds. The Morgan fingerprint density at radius 3 is 2.42 bits per heavy atom. The molecule has 0 N–H and O–H groups in total. The van der Waals surface area contributed by atoms with Gasteiger partial charge in [-0.25, -0.2) is 4.73 Å². The Balaban J connectivity index is 2.35. The molecule has 4 heteroatoms. The standard InChI is InChI=1S/C15H12N2OS/c1-19-15-12-9-5-6-10-13(12)16-14(17(15)18)11-7-3-2-4-8-11/h2-10H,1H3. The number of hydrogen-bond acceptors (Lipinski definition) is 3. The molecule has 0 aliphatic carbocycles. The molecule has 0 aliphatic rings. The van der Waals surface area contributed by atoms with Gasteiger partial charge in [0.25, 0.3) is 0 Å². The van der Waals surface area contributed by atoms with Crippen molar-refractivity contribution in [3.05, 3.63) is 59.8 Å². The van der Waals surface area contributed by atoms with Crippen molar-refractivity contribution in [3.8, 4) is 11.4 Å². The average molecular weight is 268 g/mol. The number of rotatable bonds is 2. The van der Waals surface area contributed by atoms with Gasteiger partial charge in [-0.15, -0.1) is 0 Å². The topological polar surface area (TPSA) is 39.8 Å². The molecule has 3 rings (SSSR count). The summed E-state index contributed by atoms with van der Waals surface area (Å²) < 4.78 is 0.919. The van der Waals surface area contributed by atoms with Gasteiger partial charge in [-0.1, -0.05) is 42.1 Å². The maximum Gasteiger partial charge on any atom is 0.334 e. The number of hydrogen-bond donors (Lipinski definition) is 0. The monoisotopic (exact) mass is 268 g/mol. The van der Waals surface area contributed by atoms with E-state index in [-0.39, 0.29) is 0 Å². The summed E-state index contributed by atoms with van der Waals surface area (Å²) in [5.74, 6) is 0.448. The number of para-hydroxylation sites is 1. The molecule has 0 aliphatic heterocycles. The van der Waals surface area contributed by atoms with Gasteiger partial charge < -0.3 is 5.21 Å². The predicted octanol–water partition coefficient (Wildman–Crippen LogP) is 3.26. The summed E-state index contributed by atoms with van der Waals surface area (Å²) in [6.45, 7) is 0. The normalized spacial score (nSPS) is 10.8. The fraction of sp³-hybridized carbons (Fsp3) is 0.0667. The zero-order chi connectivity index (χ0) is 13.2. The van der Waals surface area contributed by atoms with Crippen LogP contribution in [0.1, 0.15) is 0 Å². The van der Waals surface area contributed by atoms with E-state index < -0.39 is 0 Å². The molecule has 3 nitrogen and oxygen atoms in total. The zero-order valence-electron chi connectivity index (χ0n) is 10.4. The molecule has 0 bridgehead atoms. The molecule has 94 valence electrons. The van der Waals surface area contributed by atoms with Crippen molar-refractivity contribution in [2.45, 2.75) is 5.03 Å². The van der Waals surface area contributed by atoms with Gasteiger partial charge in [0.1, 0.15) is 0 Å². The van der Waals surface area contributed by atoms with Crippen LogP contribution in [0.15, 0.2) is 59.6 Å². The van der Waals surface area contributed by atoms with Gasteiger partial charge in [0, 0.05) is 0 Å². The van der Waals surface area contributed by atoms with Crippen molar-refractivity contribution in [2.24, 2.45) is 0 Å². The van der Waals surface area contributed by atoms with Crippen LogP contribution in [-0.4, -0.2) is 11.2 Å². The lowest BCUT2D eigenvalue weighted by atomic mass is 10.2. The second kappa shape index (κ2) is 4.90. The molecule has 0 saturated carbocycles. The molecular weight excluding hydrogens is 256 g/mol. The third kappa shape index (κ3) is 2.04. The van der Waals surface area contributed by atoms with Gasteiger partial charge in [-0.2, -0.15) is 0 Å². The van der Waals surface area contributed by atoms with E-state index in [1.165, 1.54) is 11.8 Å². The summed E-state index contributed by atoms with van der Waals surface area (Å²) in [6, 6.07) is 17.3. The number of nitrogens with zero attached hydrogens (tertiary/aromatic N) is 2. The van der Waals surface area contributed by atoms with Gasteiger partial charge in [-0.3, -0.25) is 0 Å². The maximum atomic E-state index is 12.4. The van der Waals surface area contributed by atoms with Gasteiger partial charge >= 0.3 is 5.82 Å². The highest BCUT2D eigenvalue weighted by Gasteiger charge is 2.18. The molecule has 19 heavy (non-hydrogen) atoms. The molecule has 0 spiro atoms. The minimum Gasteiger partial charge on any atom is -0.710 e. The fourth-order valence-electron chi connectivity index (χ4n) is 2.08. The van der Waals surface area contributed by atoms with Crippen molar-refractivity contribution in [3.63, 3.8) is 0 Å². The van der Waals surface area contributed by atoms with Crippen LogP contribution in [0.25, 0.3) is 22.3 Å².